The van der Waals surface area contributed by atoms with Crippen LogP contribution < -0.4 is 4.90 Å². The maximum absolute atomic E-state index is 13.0. The second kappa shape index (κ2) is 12.2. The highest BCUT2D eigenvalue weighted by molar-refractivity contribution is 6.34. The van der Waals surface area contributed by atoms with Crippen molar-refractivity contribution < 1.29 is 24.2 Å². The van der Waals surface area contributed by atoms with Crippen molar-refractivity contribution in [1.82, 2.24) is 4.90 Å². The molecule has 0 unspecified atom stereocenters. The van der Waals surface area contributed by atoms with Gasteiger partial charge in [-0.05, 0) is 61.3 Å². The minimum absolute atomic E-state index is 0.00410. The van der Waals surface area contributed by atoms with Crippen LogP contribution in [0.1, 0.15) is 88.8 Å². The molecule has 0 radical (unpaired) electrons. The summed E-state index contributed by atoms with van der Waals surface area (Å²) in [5.41, 5.74) is 4.15. The number of fused-ring (bicyclic) bond motifs is 1. The maximum Gasteiger partial charge on any atom is 0.266 e. The number of imide groups is 1. The molecule has 1 N–H and O–H groups in total. The summed E-state index contributed by atoms with van der Waals surface area (Å²) < 4.78 is 13.3. The summed E-state index contributed by atoms with van der Waals surface area (Å²) in [4.78, 5) is 29.8. The molecule has 2 fully saturated rings. The number of likely N-dealkylation sites (tertiary alicyclic amines) is 1. The number of benzene rings is 3. The normalized spacial score (nSPS) is 25.6. The van der Waals surface area contributed by atoms with Gasteiger partial charge in [0.1, 0.15) is 0 Å². The first kappa shape index (κ1) is 27.8. The molecule has 3 aliphatic heterocycles. The highest BCUT2D eigenvalue weighted by Crippen LogP contribution is 2.42. The van der Waals surface area contributed by atoms with Crippen LogP contribution in [-0.4, -0.2) is 47.6 Å². The van der Waals surface area contributed by atoms with E-state index in [1.165, 1.54) is 37.0 Å². The Bertz CT molecular complexity index is 1330. The minimum Gasteiger partial charge on any atom is -0.392 e. The number of hydrogen-bond donors (Lipinski definition) is 1. The van der Waals surface area contributed by atoms with Gasteiger partial charge in [-0.1, -0.05) is 74.7 Å². The monoisotopic (exact) mass is 554 g/mol. The van der Waals surface area contributed by atoms with Gasteiger partial charge < -0.3 is 19.5 Å². The fourth-order valence-corrected chi connectivity index (χ4v) is 6.28. The molecular formula is C34H38N2O5. The molecule has 214 valence electrons. The molecule has 41 heavy (non-hydrogen) atoms. The van der Waals surface area contributed by atoms with Crippen LogP contribution >= 0.6 is 0 Å². The first-order chi connectivity index (χ1) is 20.0. The molecule has 2 amide bonds. The topological polar surface area (TPSA) is 79.3 Å². The molecule has 0 aromatic heterocycles. The highest BCUT2D eigenvalue weighted by Gasteiger charge is 2.40. The quantitative estimate of drug-likeness (QED) is 0.375. The van der Waals surface area contributed by atoms with E-state index in [1.54, 1.807) is 36.4 Å². The molecule has 2 saturated heterocycles. The number of aliphatic hydroxyl groups excluding tert-OH is 1. The number of carbonyl (C=O) groups excluding carboxylic acids is 2. The van der Waals surface area contributed by atoms with E-state index in [-0.39, 0.29) is 36.5 Å². The van der Waals surface area contributed by atoms with Gasteiger partial charge in [0, 0.05) is 18.0 Å². The van der Waals surface area contributed by atoms with Crippen molar-refractivity contribution in [3.8, 4) is 0 Å². The molecule has 0 aliphatic carbocycles. The van der Waals surface area contributed by atoms with Crippen molar-refractivity contribution in [2.75, 3.05) is 24.5 Å². The maximum atomic E-state index is 13.0. The Morgan fingerprint density at radius 1 is 0.756 bits per heavy atom. The second-order valence-corrected chi connectivity index (χ2v) is 11.5. The Balaban J connectivity index is 1.25. The first-order valence-corrected chi connectivity index (χ1v) is 14.8. The van der Waals surface area contributed by atoms with E-state index in [2.05, 4.69) is 11.8 Å². The summed E-state index contributed by atoms with van der Waals surface area (Å²) in [6.45, 7) is 5.22. The van der Waals surface area contributed by atoms with E-state index in [9.17, 15) is 14.7 Å². The van der Waals surface area contributed by atoms with E-state index in [0.29, 0.717) is 16.8 Å². The van der Waals surface area contributed by atoms with E-state index >= 15 is 0 Å². The smallest absolute Gasteiger partial charge is 0.266 e. The van der Waals surface area contributed by atoms with Crippen LogP contribution in [0.4, 0.5) is 5.69 Å². The molecule has 0 spiro atoms. The summed E-state index contributed by atoms with van der Waals surface area (Å²) in [7, 11) is 0. The largest absolute Gasteiger partial charge is 0.392 e. The number of carbonyl (C=O) groups is 2. The number of hydrogen-bond acceptors (Lipinski definition) is 6. The van der Waals surface area contributed by atoms with Crippen molar-refractivity contribution in [3.63, 3.8) is 0 Å². The Labute approximate surface area is 241 Å². The third-order valence-electron chi connectivity index (χ3n) is 8.73. The second-order valence-electron chi connectivity index (χ2n) is 11.5. The lowest BCUT2D eigenvalue weighted by Crippen LogP contribution is -2.45. The molecule has 7 heteroatoms. The molecule has 3 heterocycles. The summed E-state index contributed by atoms with van der Waals surface area (Å²) in [5.74, 6) is -0.497. The van der Waals surface area contributed by atoms with Crippen molar-refractivity contribution in [3.05, 3.63) is 101 Å². The highest BCUT2D eigenvalue weighted by atomic mass is 16.7. The van der Waals surface area contributed by atoms with Crippen LogP contribution in [0.15, 0.2) is 72.8 Å². The zero-order chi connectivity index (χ0) is 28.3. The lowest BCUT2D eigenvalue weighted by molar-refractivity contribution is -0.276. The van der Waals surface area contributed by atoms with E-state index in [0.717, 1.165) is 36.3 Å². The van der Waals surface area contributed by atoms with Crippen LogP contribution in [0, 0.1) is 5.92 Å². The number of ether oxygens (including phenoxy) is 2. The summed E-state index contributed by atoms with van der Waals surface area (Å²) in [6.07, 6.45) is 5.50. The number of anilines is 1. The molecule has 6 rings (SSSR count). The van der Waals surface area contributed by atoms with Gasteiger partial charge in [0.15, 0.2) is 6.29 Å². The van der Waals surface area contributed by atoms with Crippen LogP contribution in [0.25, 0.3) is 0 Å². The lowest BCUT2D eigenvalue weighted by Gasteiger charge is -2.43. The van der Waals surface area contributed by atoms with Gasteiger partial charge in [-0.15, -0.1) is 0 Å². The fourth-order valence-electron chi connectivity index (χ4n) is 6.28. The molecule has 3 aromatic carbocycles. The molecule has 4 atom stereocenters. The van der Waals surface area contributed by atoms with E-state index in [1.807, 2.05) is 36.4 Å². The zero-order valence-electron chi connectivity index (χ0n) is 23.6. The summed E-state index contributed by atoms with van der Waals surface area (Å²) in [5, 5.41) is 9.53. The summed E-state index contributed by atoms with van der Waals surface area (Å²) in [6, 6.07) is 22.2. The Morgan fingerprint density at radius 2 is 1.34 bits per heavy atom. The zero-order valence-corrected chi connectivity index (χ0v) is 23.6. The standard InChI is InChI=1S/C34H38N2O5/c1-23-30(21-35-19-7-3-2-4-8-20-35)40-34(41-31(23)25-13-11-24(22-37)12-14-25)26-15-17-27(18-16-26)36-32(38)28-9-5-6-10-29(28)33(36)39/h5-6,9-18,23,30-31,34,37H,2-4,7-8,19-22H2,1H3/t23-,30+,31+,34+/m1/s1. The van der Waals surface area contributed by atoms with Gasteiger partial charge in [-0.2, -0.15) is 0 Å². The molecule has 7 nitrogen and oxygen atoms in total. The predicted octanol–water partition coefficient (Wildman–Crippen LogP) is 6.04. The van der Waals surface area contributed by atoms with Crippen LogP contribution in [-0.2, 0) is 16.1 Å². The number of amides is 2. The van der Waals surface area contributed by atoms with E-state index < -0.39 is 6.29 Å². The molecular weight excluding hydrogens is 516 g/mol. The Hall–Kier alpha value is -3.36. The first-order valence-electron chi connectivity index (χ1n) is 14.8. The van der Waals surface area contributed by atoms with Gasteiger partial charge in [0.25, 0.3) is 11.8 Å². The van der Waals surface area contributed by atoms with Crippen LogP contribution in [0.5, 0.6) is 0 Å². The number of rotatable bonds is 6. The Kier molecular flexibility index (Phi) is 8.30. The molecule has 3 aromatic rings. The number of nitrogens with zero attached hydrogens (tertiary/aromatic N) is 2. The molecule has 0 bridgehead atoms. The predicted molar refractivity (Wildman–Crippen MR) is 157 cm³/mol. The van der Waals surface area contributed by atoms with Gasteiger partial charge in [0.2, 0.25) is 0 Å². The van der Waals surface area contributed by atoms with Crippen LogP contribution in [0.2, 0.25) is 0 Å². The van der Waals surface area contributed by atoms with Crippen molar-refractivity contribution >= 4 is 17.5 Å². The van der Waals surface area contributed by atoms with Gasteiger partial charge in [0.05, 0.1) is 35.6 Å². The average Bonchev–Trinajstić information content (AvgIpc) is 3.25. The van der Waals surface area contributed by atoms with E-state index in [4.69, 9.17) is 9.47 Å². The number of aliphatic hydroxyl groups is 1. The molecule has 0 saturated carbocycles. The minimum atomic E-state index is -0.593. The lowest BCUT2D eigenvalue weighted by atomic mass is 9.89. The van der Waals surface area contributed by atoms with Gasteiger partial charge in [-0.3, -0.25) is 9.59 Å². The van der Waals surface area contributed by atoms with Crippen LogP contribution in [0.3, 0.4) is 0 Å². The third kappa shape index (κ3) is 5.72. The Morgan fingerprint density at radius 3 is 1.95 bits per heavy atom. The third-order valence-corrected chi connectivity index (χ3v) is 8.73. The van der Waals surface area contributed by atoms with Gasteiger partial charge in [-0.25, -0.2) is 4.90 Å². The van der Waals surface area contributed by atoms with Gasteiger partial charge >= 0.3 is 0 Å². The fraction of sp³-hybridized carbons (Fsp3) is 0.412. The summed E-state index contributed by atoms with van der Waals surface area (Å²) >= 11 is 0. The van der Waals surface area contributed by atoms with Crippen molar-refractivity contribution in [2.45, 2.75) is 64.1 Å². The molecule has 3 aliphatic rings. The SMILES string of the molecule is C[C@@H]1[C@H](CN2CCCCCCC2)O[C@H](c2ccc(N3C(=O)c4ccccc4C3=O)cc2)O[C@@H]1c1ccc(CO)cc1. The van der Waals surface area contributed by atoms with Crippen molar-refractivity contribution in [1.29, 1.82) is 0 Å². The van der Waals surface area contributed by atoms with Crippen molar-refractivity contribution in [2.24, 2.45) is 5.92 Å². The average molecular weight is 555 g/mol.